The van der Waals surface area contributed by atoms with Gasteiger partial charge in [0.1, 0.15) is 11.2 Å². The number of aromatic nitrogens is 1. The molecule has 1 heterocycles. The molecule has 16 heteroatoms. The van der Waals surface area contributed by atoms with Gasteiger partial charge in [0.25, 0.3) is 5.91 Å². The Morgan fingerprint density at radius 1 is 1.00 bits per heavy atom. The van der Waals surface area contributed by atoms with Crippen LogP contribution in [-0.2, 0) is 11.8 Å². The lowest BCUT2D eigenvalue weighted by Crippen LogP contribution is -2.50. The summed E-state index contributed by atoms with van der Waals surface area (Å²) in [6.45, 7) is 0.753. The summed E-state index contributed by atoms with van der Waals surface area (Å²) >= 11 is 6.07. The normalized spacial score (nSPS) is 15.4. The summed E-state index contributed by atoms with van der Waals surface area (Å²) in [4.78, 5) is 12.6. The van der Waals surface area contributed by atoms with E-state index in [2.05, 4.69) is 10.5 Å². The molecule has 0 atom stereocenters. The third-order valence-electron chi connectivity index (χ3n) is 6.40. The van der Waals surface area contributed by atoms with Crippen molar-refractivity contribution in [3.05, 3.63) is 63.7 Å². The maximum Gasteiger partial charge on any atom is 0.435 e. The third-order valence-corrected chi connectivity index (χ3v) is 6.73. The molecule has 2 aromatic carbocycles. The summed E-state index contributed by atoms with van der Waals surface area (Å²) in [5.41, 5.74) is -14.0. The minimum atomic E-state index is -6.63. The van der Waals surface area contributed by atoms with Gasteiger partial charge in [-0.1, -0.05) is 22.8 Å². The molecule has 41 heavy (non-hydrogen) atoms. The van der Waals surface area contributed by atoms with Crippen LogP contribution in [0.4, 0.5) is 43.9 Å². The van der Waals surface area contributed by atoms with Crippen LogP contribution in [0.15, 0.2) is 40.9 Å². The molecular weight excluding hydrogens is 600 g/mol. The molecule has 0 saturated heterocycles. The summed E-state index contributed by atoms with van der Waals surface area (Å²) < 4.78 is 141. The number of nitriles is 1. The fourth-order valence-electron chi connectivity index (χ4n) is 4.09. The number of alkyl halides is 10. The summed E-state index contributed by atoms with van der Waals surface area (Å²) in [6, 6.07) is 6.02. The van der Waals surface area contributed by atoms with Crippen molar-refractivity contribution in [3.63, 3.8) is 0 Å². The van der Waals surface area contributed by atoms with Gasteiger partial charge in [-0.25, -0.2) is 4.39 Å². The molecule has 1 fully saturated rings. The molecule has 4 rings (SSSR count). The first-order valence-corrected chi connectivity index (χ1v) is 11.7. The Labute approximate surface area is 228 Å². The van der Waals surface area contributed by atoms with Crippen molar-refractivity contribution in [2.45, 2.75) is 49.5 Å². The second-order valence-electron chi connectivity index (χ2n) is 9.29. The number of halogens is 11. The standard InChI is InChI=1S/C25H14ClF10N3O2/c1-11-6-13(22(27,24(31,32)33)25(34,35)36)8-15(23(28,29)30)19(11)17-9-18(41-39-17)12-2-3-16(26)14(7-12)20(40)38-21(10-37)4-5-21/h2-3,6-9H,4-5H2,1H3,(H,38,40). The molecule has 1 amide bonds. The highest BCUT2D eigenvalue weighted by molar-refractivity contribution is 6.34. The van der Waals surface area contributed by atoms with Crippen LogP contribution in [0.3, 0.4) is 0 Å². The second-order valence-corrected chi connectivity index (χ2v) is 9.69. The molecule has 1 saturated carbocycles. The van der Waals surface area contributed by atoms with Crippen molar-refractivity contribution in [1.82, 2.24) is 10.5 Å². The lowest BCUT2D eigenvalue weighted by Gasteiger charge is -2.31. The highest BCUT2D eigenvalue weighted by Gasteiger charge is 2.73. The van der Waals surface area contributed by atoms with Gasteiger partial charge in [-0.05, 0) is 49.6 Å². The summed E-state index contributed by atoms with van der Waals surface area (Å²) in [7, 11) is 0. The van der Waals surface area contributed by atoms with Crippen molar-refractivity contribution in [3.8, 4) is 28.7 Å². The van der Waals surface area contributed by atoms with E-state index in [0.717, 1.165) is 13.0 Å². The summed E-state index contributed by atoms with van der Waals surface area (Å²) in [5, 5.41) is 15.1. The molecule has 1 aromatic heterocycles. The van der Waals surface area contributed by atoms with E-state index in [9.17, 15) is 54.0 Å². The Kier molecular flexibility index (Phi) is 7.09. The largest absolute Gasteiger partial charge is 0.435 e. The van der Waals surface area contributed by atoms with Crippen LogP contribution in [0, 0.1) is 18.3 Å². The van der Waals surface area contributed by atoms with Crippen molar-refractivity contribution >= 4 is 17.5 Å². The van der Waals surface area contributed by atoms with E-state index in [1.54, 1.807) is 0 Å². The van der Waals surface area contributed by atoms with E-state index in [1.165, 1.54) is 18.2 Å². The van der Waals surface area contributed by atoms with Crippen LogP contribution in [0.2, 0.25) is 5.02 Å². The van der Waals surface area contributed by atoms with Gasteiger partial charge >= 0.3 is 24.2 Å². The van der Waals surface area contributed by atoms with Crippen LogP contribution in [-0.4, -0.2) is 29.0 Å². The molecule has 0 spiro atoms. The Morgan fingerprint density at radius 2 is 1.61 bits per heavy atom. The first-order valence-electron chi connectivity index (χ1n) is 11.3. The first kappa shape index (κ1) is 30.2. The monoisotopic (exact) mass is 613 g/mol. The molecule has 218 valence electrons. The first-order chi connectivity index (χ1) is 18.7. The highest BCUT2D eigenvalue weighted by Crippen LogP contribution is 2.55. The molecule has 3 aromatic rings. The van der Waals surface area contributed by atoms with Gasteiger partial charge in [-0.2, -0.15) is 44.8 Å². The quantitative estimate of drug-likeness (QED) is 0.295. The van der Waals surface area contributed by atoms with Gasteiger partial charge in [0.15, 0.2) is 5.76 Å². The SMILES string of the molecule is Cc1cc(C(F)(C(F)(F)F)C(F)(F)F)cc(C(F)(F)F)c1-c1cc(-c2ccc(Cl)c(C(=O)NC3(C#N)CC3)c2)on1. The van der Waals surface area contributed by atoms with Gasteiger partial charge in [0.05, 0.1) is 22.2 Å². The topological polar surface area (TPSA) is 78.9 Å². The van der Waals surface area contributed by atoms with Gasteiger partial charge in [0, 0.05) is 22.8 Å². The lowest BCUT2D eigenvalue weighted by atomic mass is 9.87. The number of carbonyl (C=O) groups excluding carboxylic acids is 1. The summed E-state index contributed by atoms with van der Waals surface area (Å²) in [5.74, 6) is -0.986. The van der Waals surface area contributed by atoms with Crippen LogP contribution in [0.5, 0.6) is 0 Å². The Hall–Kier alpha value is -3.80. The number of carbonyl (C=O) groups is 1. The van der Waals surface area contributed by atoms with Gasteiger partial charge in [-0.3, -0.25) is 4.79 Å². The maximum atomic E-state index is 14.6. The van der Waals surface area contributed by atoms with Gasteiger partial charge in [0.2, 0.25) is 0 Å². The predicted octanol–water partition coefficient (Wildman–Crippen LogP) is 8.06. The number of nitrogens with one attached hydrogen (secondary N) is 1. The van der Waals surface area contributed by atoms with E-state index in [-0.39, 0.29) is 28.0 Å². The van der Waals surface area contributed by atoms with Crippen LogP contribution < -0.4 is 5.32 Å². The van der Waals surface area contributed by atoms with E-state index in [4.69, 9.17) is 16.1 Å². The molecule has 1 aliphatic carbocycles. The van der Waals surface area contributed by atoms with Gasteiger partial charge in [-0.15, -0.1) is 0 Å². The van der Waals surface area contributed by atoms with Crippen LogP contribution >= 0.6 is 11.6 Å². The zero-order valence-corrected chi connectivity index (χ0v) is 21.0. The highest BCUT2D eigenvalue weighted by atomic mass is 35.5. The average molecular weight is 614 g/mol. The third kappa shape index (κ3) is 5.32. The van der Waals surface area contributed by atoms with Gasteiger partial charge < -0.3 is 9.84 Å². The lowest BCUT2D eigenvalue weighted by molar-refractivity contribution is -0.348. The Balaban J connectivity index is 1.80. The predicted molar refractivity (Wildman–Crippen MR) is 122 cm³/mol. The van der Waals surface area contributed by atoms with E-state index in [1.807, 2.05) is 6.07 Å². The number of hydrogen-bond acceptors (Lipinski definition) is 4. The molecule has 5 nitrogen and oxygen atoms in total. The van der Waals surface area contributed by atoms with Crippen molar-refractivity contribution in [2.75, 3.05) is 0 Å². The van der Waals surface area contributed by atoms with Crippen LogP contribution in [0.1, 0.15) is 39.9 Å². The molecule has 1 N–H and O–H groups in total. The Bertz CT molecular complexity index is 1550. The minimum absolute atomic E-state index is 0.00749. The number of nitrogens with zero attached hydrogens (tertiary/aromatic N) is 2. The number of aryl methyl sites for hydroxylation is 1. The molecule has 0 unspecified atom stereocenters. The number of amides is 1. The fraction of sp³-hybridized carbons (Fsp3) is 0.320. The van der Waals surface area contributed by atoms with Crippen molar-refractivity contribution in [2.24, 2.45) is 0 Å². The molecule has 1 aliphatic rings. The van der Waals surface area contributed by atoms with Crippen LogP contribution in [0.25, 0.3) is 22.6 Å². The average Bonchev–Trinajstić information content (AvgIpc) is 3.45. The molecular formula is C25H14ClF10N3O2. The number of hydrogen-bond donors (Lipinski definition) is 1. The second kappa shape index (κ2) is 9.64. The van der Waals surface area contributed by atoms with E-state index >= 15 is 0 Å². The smallest absolute Gasteiger partial charge is 0.356 e. The fourth-order valence-corrected chi connectivity index (χ4v) is 4.30. The zero-order valence-electron chi connectivity index (χ0n) is 20.2. The zero-order chi connectivity index (χ0) is 30.8. The Morgan fingerprint density at radius 3 is 2.12 bits per heavy atom. The van der Waals surface area contributed by atoms with Crippen molar-refractivity contribution < 1.29 is 53.2 Å². The maximum absolute atomic E-state index is 14.6. The number of benzene rings is 2. The molecule has 0 bridgehead atoms. The molecule has 0 radical (unpaired) electrons. The summed E-state index contributed by atoms with van der Waals surface area (Å²) in [6.07, 6.45) is -18.0. The number of rotatable bonds is 5. The van der Waals surface area contributed by atoms with Crippen molar-refractivity contribution in [1.29, 1.82) is 5.26 Å². The minimum Gasteiger partial charge on any atom is -0.356 e. The van der Waals surface area contributed by atoms with E-state index in [0.29, 0.717) is 12.8 Å². The van der Waals surface area contributed by atoms with E-state index < -0.39 is 69.7 Å². The molecule has 0 aliphatic heterocycles.